The van der Waals surface area contributed by atoms with Crippen molar-refractivity contribution >= 4 is 23.2 Å². The number of nitrogens with one attached hydrogen (secondary N) is 1. The standard InChI is InChI=1S/C4H9Cl2N.H2O/c5-1-3-7-4-2-6;/h7H,1-4H2;1H2. The number of halogens is 2. The molecule has 0 aliphatic rings. The van der Waals surface area contributed by atoms with Crippen LogP contribution in [-0.4, -0.2) is 30.3 Å². The second kappa shape index (κ2) is 10.5. The van der Waals surface area contributed by atoms with E-state index in [-0.39, 0.29) is 5.48 Å². The van der Waals surface area contributed by atoms with Crippen molar-refractivity contribution in [2.75, 3.05) is 24.8 Å². The van der Waals surface area contributed by atoms with Crippen LogP contribution >= 0.6 is 23.2 Å². The van der Waals surface area contributed by atoms with E-state index in [2.05, 4.69) is 5.32 Å². The van der Waals surface area contributed by atoms with Crippen LogP contribution < -0.4 is 5.32 Å². The minimum Gasteiger partial charge on any atom is -0.412 e. The highest BCUT2D eigenvalue weighted by atomic mass is 35.5. The lowest BCUT2D eigenvalue weighted by molar-refractivity contribution is 0.770. The van der Waals surface area contributed by atoms with Gasteiger partial charge >= 0.3 is 0 Å². The van der Waals surface area contributed by atoms with Crippen LogP contribution in [0.3, 0.4) is 0 Å². The average Bonchev–Trinajstić information content (AvgIpc) is 1.69. The van der Waals surface area contributed by atoms with Crippen LogP contribution in [0.4, 0.5) is 0 Å². The molecular formula is C4H11Cl2NO. The van der Waals surface area contributed by atoms with Crippen LogP contribution in [0, 0.1) is 0 Å². The summed E-state index contributed by atoms with van der Waals surface area (Å²) in [6.07, 6.45) is 0. The van der Waals surface area contributed by atoms with E-state index in [1.165, 1.54) is 0 Å². The molecular weight excluding hydrogens is 149 g/mol. The highest BCUT2D eigenvalue weighted by Crippen LogP contribution is 1.71. The van der Waals surface area contributed by atoms with Crippen LogP contribution in [0.15, 0.2) is 0 Å². The highest BCUT2D eigenvalue weighted by Gasteiger charge is 1.78. The predicted octanol–water partition coefficient (Wildman–Crippen LogP) is 0.229. The van der Waals surface area contributed by atoms with Gasteiger partial charge < -0.3 is 10.8 Å². The van der Waals surface area contributed by atoms with Crippen LogP contribution in [0.2, 0.25) is 0 Å². The van der Waals surface area contributed by atoms with Gasteiger partial charge in [0.25, 0.3) is 0 Å². The Morgan fingerprint density at radius 1 is 1.00 bits per heavy atom. The van der Waals surface area contributed by atoms with Crippen molar-refractivity contribution in [1.29, 1.82) is 0 Å². The number of hydrogen-bond donors (Lipinski definition) is 1. The van der Waals surface area contributed by atoms with Crippen LogP contribution in [-0.2, 0) is 0 Å². The first-order chi connectivity index (χ1) is 3.41. The number of hydrogen-bond acceptors (Lipinski definition) is 1. The Balaban J connectivity index is 0. The Morgan fingerprint density at radius 3 is 1.62 bits per heavy atom. The van der Waals surface area contributed by atoms with Crippen molar-refractivity contribution in [2.45, 2.75) is 0 Å². The topological polar surface area (TPSA) is 43.5 Å². The lowest BCUT2D eigenvalue weighted by Gasteiger charge is -1.93. The van der Waals surface area contributed by atoms with Gasteiger partial charge in [0.2, 0.25) is 0 Å². The molecule has 2 nitrogen and oxygen atoms in total. The normalized spacial score (nSPS) is 8.25. The molecule has 0 amide bonds. The van der Waals surface area contributed by atoms with E-state index in [0.29, 0.717) is 11.8 Å². The van der Waals surface area contributed by atoms with E-state index >= 15 is 0 Å². The molecule has 0 heterocycles. The van der Waals surface area contributed by atoms with E-state index in [9.17, 15) is 0 Å². The molecule has 0 radical (unpaired) electrons. The largest absolute Gasteiger partial charge is 0.412 e. The summed E-state index contributed by atoms with van der Waals surface area (Å²) < 4.78 is 0. The third-order valence-electron chi connectivity index (χ3n) is 0.543. The fraction of sp³-hybridized carbons (Fsp3) is 1.00. The van der Waals surface area contributed by atoms with Crippen molar-refractivity contribution in [2.24, 2.45) is 0 Å². The molecule has 0 aliphatic heterocycles. The first kappa shape index (κ1) is 11.3. The monoisotopic (exact) mass is 159 g/mol. The maximum atomic E-state index is 5.33. The number of alkyl halides is 2. The fourth-order valence-electron chi connectivity index (χ4n) is 0.259. The Hall–Kier alpha value is 0.500. The Labute approximate surface area is 59.5 Å². The molecule has 0 aromatic heterocycles. The van der Waals surface area contributed by atoms with Gasteiger partial charge in [-0.05, 0) is 0 Å². The van der Waals surface area contributed by atoms with Gasteiger partial charge in [-0.15, -0.1) is 23.2 Å². The summed E-state index contributed by atoms with van der Waals surface area (Å²) in [6.45, 7) is 1.71. The summed E-state index contributed by atoms with van der Waals surface area (Å²) >= 11 is 10.7. The maximum Gasteiger partial charge on any atom is 0.0348 e. The van der Waals surface area contributed by atoms with E-state index in [4.69, 9.17) is 23.2 Å². The van der Waals surface area contributed by atoms with Crippen molar-refractivity contribution < 1.29 is 5.48 Å². The van der Waals surface area contributed by atoms with Gasteiger partial charge in [0.05, 0.1) is 0 Å². The molecule has 3 N–H and O–H groups in total. The average molecular weight is 160 g/mol. The zero-order valence-corrected chi connectivity index (χ0v) is 6.10. The summed E-state index contributed by atoms with van der Waals surface area (Å²) in [7, 11) is 0. The summed E-state index contributed by atoms with van der Waals surface area (Å²) in [5.41, 5.74) is 0. The molecule has 0 spiro atoms. The Morgan fingerprint density at radius 2 is 1.38 bits per heavy atom. The van der Waals surface area contributed by atoms with E-state index in [0.717, 1.165) is 13.1 Å². The van der Waals surface area contributed by atoms with Gasteiger partial charge in [-0.2, -0.15) is 0 Å². The summed E-state index contributed by atoms with van der Waals surface area (Å²) in [5, 5.41) is 3.02. The van der Waals surface area contributed by atoms with Crippen LogP contribution in [0.5, 0.6) is 0 Å². The van der Waals surface area contributed by atoms with E-state index in [1.807, 2.05) is 0 Å². The fourth-order valence-corrected chi connectivity index (χ4v) is 0.526. The smallest absolute Gasteiger partial charge is 0.0348 e. The lowest BCUT2D eigenvalue weighted by Crippen LogP contribution is -2.18. The summed E-state index contributed by atoms with van der Waals surface area (Å²) in [5.74, 6) is 1.33. The third-order valence-corrected chi connectivity index (χ3v) is 0.921. The molecule has 0 atom stereocenters. The van der Waals surface area contributed by atoms with Crippen LogP contribution in [0.25, 0.3) is 0 Å². The first-order valence-electron chi connectivity index (χ1n) is 2.24. The molecule has 0 bridgehead atoms. The molecule has 0 saturated heterocycles. The van der Waals surface area contributed by atoms with Gasteiger partial charge in [0, 0.05) is 24.8 Å². The molecule has 52 valence electrons. The molecule has 0 rings (SSSR count). The van der Waals surface area contributed by atoms with Gasteiger partial charge in [-0.25, -0.2) is 0 Å². The molecule has 4 heteroatoms. The minimum atomic E-state index is 0. The van der Waals surface area contributed by atoms with Crippen molar-refractivity contribution in [1.82, 2.24) is 5.32 Å². The lowest BCUT2D eigenvalue weighted by atomic mass is 10.7. The summed E-state index contributed by atoms with van der Waals surface area (Å²) in [4.78, 5) is 0. The van der Waals surface area contributed by atoms with Gasteiger partial charge in [-0.3, -0.25) is 0 Å². The molecule has 0 saturated carbocycles. The third kappa shape index (κ3) is 9.71. The van der Waals surface area contributed by atoms with Crippen LogP contribution in [0.1, 0.15) is 0 Å². The molecule has 0 aromatic rings. The molecule has 0 unspecified atom stereocenters. The Kier molecular flexibility index (Phi) is 14.8. The first-order valence-corrected chi connectivity index (χ1v) is 3.31. The van der Waals surface area contributed by atoms with E-state index in [1.54, 1.807) is 0 Å². The zero-order chi connectivity index (χ0) is 5.54. The SMILES string of the molecule is ClCCNCCCl.O. The Bertz CT molecular complexity index is 33.2. The van der Waals surface area contributed by atoms with Crippen molar-refractivity contribution in [3.05, 3.63) is 0 Å². The quantitative estimate of drug-likeness (QED) is 0.464. The highest BCUT2D eigenvalue weighted by molar-refractivity contribution is 6.18. The molecule has 0 fully saturated rings. The second-order valence-corrected chi connectivity index (χ2v) is 1.88. The maximum absolute atomic E-state index is 5.33. The van der Waals surface area contributed by atoms with Gasteiger partial charge in [-0.1, -0.05) is 0 Å². The molecule has 0 aliphatic carbocycles. The number of rotatable bonds is 4. The zero-order valence-electron chi connectivity index (χ0n) is 4.58. The van der Waals surface area contributed by atoms with Crippen molar-refractivity contribution in [3.63, 3.8) is 0 Å². The van der Waals surface area contributed by atoms with E-state index < -0.39 is 0 Å². The van der Waals surface area contributed by atoms with Gasteiger partial charge in [0.1, 0.15) is 0 Å². The second-order valence-electron chi connectivity index (χ2n) is 1.13. The molecule has 0 aromatic carbocycles. The minimum absolute atomic E-state index is 0. The van der Waals surface area contributed by atoms with Crippen molar-refractivity contribution in [3.8, 4) is 0 Å². The molecule has 8 heavy (non-hydrogen) atoms. The van der Waals surface area contributed by atoms with Gasteiger partial charge in [0.15, 0.2) is 0 Å². The predicted molar refractivity (Wildman–Crippen MR) is 37.9 cm³/mol. The summed E-state index contributed by atoms with van der Waals surface area (Å²) in [6, 6.07) is 0.